The molecule has 1 fully saturated rings. The molecule has 32 heavy (non-hydrogen) atoms. The Morgan fingerprint density at radius 1 is 1.31 bits per heavy atom. The van der Waals surface area contributed by atoms with E-state index in [-0.39, 0.29) is 50.4 Å². The smallest absolute Gasteiger partial charge is 0.731 e. The number of β-lactam (4-membered cyclic amide) rings is 1. The third-order valence-electron chi connectivity index (χ3n) is 4.05. The molecule has 2 heterocycles. The van der Waals surface area contributed by atoms with Crippen molar-refractivity contribution >= 4 is 55.9 Å². The predicted octanol–water partition coefficient (Wildman–Crippen LogP) is -4.13. The molecule has 1 aromatic heterocycles. The number of carbonyl (C=O) groups is 3. The van der Waals surface area contributed by atoms with Gasteiger partial charge in [-0.25, -0.2) is 17.7 Å². The zero-order valence-electron chi connectivity index (χ0n) is 16.7. The molecule has 0 saturated carbocycles. The van der Waals surface area contributed by atoms with Gasteiger partial charge in [0, 0.05) is 11.1 Å². The maximum Gasteiger partial charge on any atom is 1.00 e. The number of nitrogen functional groups attached to an aromatic ring is 1. The van der Waals surface area contributed by atoms with E-state index in [0.29, 0.717) is 5.69 Å². The summed E-state index contributed by atoms with van der Waals surface area (Å²) < 4.78 is 34.3. The number of para-hydroxylation sites is 1. The number of benzene rings is 1. The molecule has 4 N–H and O–H groups in total. The zero-order valence-corrected chi connectivity index (χ0v) is 20.3. The Labute approximate surface area is 208 Å². The van der Waals surface area contributed by atoms with Gasteiger partial charge in [0.2, 0.25) is 0 Å². The Morgan fingerprint density at radius 2 is 1.97 bits per heavy atom. The molecule has 0 spiro atoms. The van der Waals surface area contributed by atoms with E-state index in [1.54, 1.807) is 18.2 Å². The number of hydrogen-bond donors (Lipinski definition) is 3. The summed E-state index contributed by atoms with van der Waals surface area (Å²) in [6.07, 6.45) is 0. The van der Waals surface area contributed by atoms with Gasteiger partial charge < -0.3 is 25.8 Å². The van der Waals surface area contributed by atoms with E-state index < -0.39 is 40.1 Å². The van der Waals surface area contributed by atoms with Gasteiger partial charge in [-0.15, -0.1) is 11.3 Å². The molecule has 0 aliphatic carbocycles. The summed E-state index contributed by atoms with van der Waals surface area (Å²) in [5, 5.41) is 9.66. The summed E-state index contributed by atoms with van der Waals surface area (Å²) >= 11 is 1.02. The van der Waals surface area contributed by atoms with Gasteiger partial charge in [-0.1, -0.05) is 23.4 Å². The molecule has 1 aliphatic heterocycles. The molecule has 3 rings (SSSR count). The number of anilines is 2. The van der Waals surface area contributed by atoms with Crippen LogP contribution in [0.4, 0.5) is 10.8 Å². The van der Waals surface area contributed by atoms with Crippen LogP contribution in [0.1, 0.15) is 5.69 Å². The summed E-state index contributed by atoms with van der Waals surface area (Å²) in [6.45, 7) is 0. The number of rotatable bonds is 7. The molecule has 1 aliphatic rings. The minimum Gasteiger partial charge on any atom is -0.731 e. The van der Waals surface area contributed by atoms with Gasteiger partial charge in [-0.3, -0.25) is 14.4 Å². The van der Waals surface area contributed by atoms with Crippen LogP contribution in [0.5, 0.6) is 0 Å². The third kappa shape index (κ3) is 5.43. The van der Waals surface area contributed by atoms with Crippen molar-refractivity contribution in [2.75, 3.05) is 18.2 Å². The van der Waals surface area contributed by atoms with Crippen molar-refractivity contribution in [3.8, 4) is 0 Å². The van der Waals surface area contributed by atoms with Gasteiger partial charge in [-0.05, 0) is 12.1 Å². The molecule has 1 saturated heterocycles. The van der Waals surface area contributed by atoms with Crippen molar-refractivity contribution in [2.24, 2.45) is 5.16 Å². The van der Waals surface area contributed by atoms with Crippen LogP contribution in [-0.2, 0) is 29.5 Å². The topological polar surface area (TPSA) is 196 Å². The van der Waals surface area contributed by atoms with Crippen LogP contribution in [0.2, 0.25) is 0 Å². The van der Waals surface area contributed by atoms with Crippen LogP contribution in [0.25, 0.3) is 0 Å². The summed E-state index contributed by atoms with van der Waals surface area (Å²) in [6, 6.07) is 4.48. The summed E-state index contributed by atoms with van der Waals surface area (Å²) in [5.74, 6) is -3.25. The Balaban J connectivity index is 0.00000363. The van der Waals surface area contributed by atoms with Crippen LogP contribution < -0.4 is 45.9 Å². The number of amides is 3. The van der Waals surface area contributed by atoms with E-state index in [9.17, 15) is 27.4 Å². The number of nitrogens with one attached hydrogen (secondary N) is 2. The van der Waals surface area contributed by atoms with Crippen LogP contribution in [-0.4, -0.2) is 64.9 Å². The fourth-order valence-electron chi connectivity index (χ4n) is 2.75. The molecular weight excluding hydrogens is 475 g/mol. The third-order valence-corrected chi connectivity index (χ3v) is 5.61. The molecule has 2 atom stereocenters. The number of nitrogens with zero attached hydrogens (tertiary/aromatic N) is 3. The minimum atomic E-state index is -5.31. The first-order valence-electron chi connectivity index (χ1n) is 8.42. The van der Waals surface area contributed by atoms with E-state index in [0.717, 1.165) is 11.3 Å². The zero-order chi connectivity index (χ0) is 22.8. The van der Waals surface area contributed by atoms with E-state index in [2.05, 4.69) is 25.6 Å². The first-order valence-corrected chi connectivity index (χ1v) is 10.7. The van der Waals surface area contributed by atoms with Gasteiger partial charge >= 0.3 is 29.6 Å². The maximum atomic E-state index is 12.6. The number of nitrogens with two attached hydrogens (primary N) is 1. The normalized spacial score (nSPS) is 18.2. The molecule has 1 aromatic carbocycles. The van der Waals surface area contributed by atoms with Crippen molar-refractivity contribution < 1.29 is 61.7 Å². The van der Waals surface area contributed by atoms with Crippen molar-refractivity contribution in [1.29, 1.82) is 0 Å². The van der Waals surface area contributed by atoms with E-state index >= 15 is 0 Å². The number of oxime groups is 1. The molecule has 13 nitrogen and oxygen atoms in total. The molecule has 164 valence electrons. The van der Waals surface area contributed by atoms with Crippen molar-refractivity contribution in [2.45, 2.75) is 12.1 Å². The molecule has 0 unspecified atom stereocenters. The van der Waals surface area contributed by atoms with Crippen molar-refractivity contribution in [1.82, 2.24) is 14.6 Å². The molecule has 0 radical (unpaired) electrons. The standard InChI is InChI=1S/C16H16N6O7S2.Na/c1-29-21-10(9-7-30-16(17)19-9)13(23)20-11-12(22(15(11)25)31(26,27)28)14(24)18-8-5-3-2-4-6-8;/h2-7,11-12H,1H3,(H2,17,19)(H,18,24)(H,20,23)(H,26,27,28);/q;+1/p-1/t11-,12-;/m0./s1. The fraction of sp³-hybridized carbons (Fsp3) is 0.188. The van der Waals surface area contributed by atoms with E-state index in [1.165, 1.54) is 24.6 Å². The Kier molecular flexibility index (Phi) is 8.33. The van der Waals surface area contributed by atoms with Crippen molar-refractivity contribution in [3.63, 3.8) is 0 Å². The predicted molar refractivity (Wildman–Crippen MR) is 107 cm³/mol. The summed E-state index contributed by atoms with van der Waals surface area (Å²) in [4.78, 5) is 46.0. The van der Waals surface area contributed by atoms with Crippen LogP contribution in [0, 0.1) is 0 Å². The molecule has 0 bridgehead atoms. The Morgan fingerprint density at radius 3 is 2.50 bits per heavy atom. The second kappa shape index (κ2) is 10.4. The maximum absolute atomic E-state index is 12.6. The molecule has 3 amide bonds. The number of thiazole rings is 1. The molecule has 2 aromatic rings. The Bertz CT molecular complexity index is 1150. The summed E-state index contributed by atoms with van der Waals surface area (Å²) in [5.41, 5.74) is 5.50. The summed E-state index contributed by atoms with van der Waals surface area (Å²) in [7, 11) is -4.14. The largest absolute Gasteiger partial charge is 1.00 e. The number of carbonyl (C=O) groups excluding carboxylic acids is 3. The average Bonchev–Trinajstić information content (AvgIpc) is 3.13. The van der Waals surface area contributed by atoms with Gasteiger partial charge in [0.1, 0.15) is 18.8 Å². The van der Waals surface area contributed by atoms with Crippen LogP contribution in [0.15, 0.2) is 40.9 Å². The van der Waals surface area contributed by atoms with E-state index in [4.69, 9.17) is 5.73 Å². The van der Waals surface area contributed by atoms with Gasteiger partial charge in [0.05, 0.1) is 0 Å². The molecular formula is C16H15N6NaO7S2. The quantitative estimate of drug-likeness (QED) is 0.113. The van der Waals surface area contributed by atoms with Crippen LogP contribution in [0.3, 0.4) is 0 Å². The number of hydrogen-bond acceptors (Lipinski definition) is 11. The van der Waals surface area contributed by atoms with Gasteiger partial charge in [0.15, 0.2) is 27.2 Å². The van der Waals surface area contributed by atoms with Gasteiger partial charge in [-0.2, -0.15) is 0 Å². The number of aromatic nitrogens is 1. The first-order chi connectivity index (χ1) is 14.6. The Hall–Kier alpha value is -2.56. The second-order valence-electron chi connectivity index (χ2n) is 6.04. The molecule has 16 heteroatoms. The first kappa shape index (κ1) is 25.7. The van der Waals surface area contributed by atoms with Crippen molar-refractivity contribution in [3.05, 3.63) is 41.4 Å². The van der Waals surface area contributed by atoms with E-state index in [1.807, 2.05) is 0 Å². The second-order valence-corrected chi connectivity index (χ2v) is 8.17. The SMILES string of the molecule is CON=C(C(=O)N[C@@H]1C(=O)N(S(=O)(=O)[O-])[C@@H]1C(=O)Nc1ccccc1)c1csc(N)n1.[Na+]. The van der Waals surface area contributed by atoms with Gasteiger partial charge in [0.25, 0.3) is 17.7 Å². The fourth-order valence-corrected chi connectivity index (χ4v) is 4.13. The minimum absolute atomic E-state index is 0. The average molecular weight is 490 g/mol. The van der Waals surface area contributed by atoms with Crippen LogP contribution >= 0.6 is 11.3 Å². The monoisotopic (exact) mass is 490 g/mol.